The molecule has 1 aromatic carbocycles. The SMILES string of the molecule is COc1ccc([C@H](CCF)N2CCNCC2)cc1Br. The summed E-state index contributed by atoms with van der Waals surface area (Å²) in [4.78, 5) is 2.35. The van der Waals surface area contributed by atoms with Crippen molar-refractivity contribution in [2.75, 3.05) is 40.0 Å². The van der Waals surface area contributed by atoms with Crippen molar-refractivity contribution in [2.24, 2.45) is 0 Å². The van der Waals surface area contributed by atoms with Crippen LogP contribution in [0.4, 0.5) is 4.39 Å². The Morgan fingerprint density at radius 1 is 1.42 bits per heavy atom. The highest BCUT2D eigenvalue weighted by Crippen LogP contribution is 2.32. The maximum atomic E-state index is 12.9. The van der Waals surface area contributed by atoms with Gasteiger partial charge in [0.25, 0.3) is 0 Å². The van der Waals surface area contributed by atoms with Crippen LogP contribution in [-0.4, -0.2) is 44.9 Å². The molecule has 0 saturated carbocycles. The first kappa shape index (κ1) is 14.8. The van der Waals surface area contributed by atoms with Crippen molar-refractivity contribution >= 4 is 15.9 Å². The van der Waals surface area contributed by atoms with Gasteiger partial charge in [0.15, 0.2) is 0 Å². The molecule has 0 amide bonds. The molecule has 1 heterocycles. The summed E-state index contributed by atoms with van der Waals surface area (Å²) in [5.74, 6) is 0.808. The molecule has 1 aliphatic rings. The summed E-state index contributed by atoms with van der Waals surface area (Å²) < 4.78 is 19.0. The van der Waals surface area contributed by atoms with E-state index >= 15 is 0 Å². The van der Waals surface area contributed by atoms with Crippen molar-refractivity contribution in [3.63, 3.8) is 0 Å². The number of halogens is 2. The van der Waals surface area contributed by atoms with Crippen LogP contribution in [-0.2, 0) is 0 Å². The summed E-state index contributed by atoms with van der Waals surface area (Å²) in [5, 5.41) is 3.33. The van der Waals surface area contributed by atoms with E-state index in [1.807, 2.05) is 18.2 Å². The fourth-order valence-corrected chi connectivity index (χ4v) is 3.11. The molecule has 1 aromatic rings. The van der Waals surface area contributed by atoms with Crippen LogP contribution in [0.25, 0.3) is 0 Å². The molecule has 106 valence electrons. The number of methoxy groups -OCH3 is 1. The van der Waals surface area contributed by atoms with Gasteiger partial charge in [0.2, 0.25) is 0 Å². The molecule has 1 fully saturated rings. The van der Waals surface area contributed by atoms with E-state index in [-0.39, 0.29) is 12.7 Å². The Hall–Kier alpha value is -0.650. The zero-order chi connectivity index (χ0) is 13.7. The van der Waals surface area contributed by atoms with E-state index in [2.05, 4.69) is 26.1 Å². The van der Waals surface area contributed by atoms with Crippen molar-refractivity contribution < 1.29 is 9.13 Å². The van der Waals surface area contributed by atoms with E-state index < -0.39 is 0 Å². The van der Waals surface area contributed by atoms with Crippen molar-refractivity contribution in [1.29, 1.82) is 0 Å². The molecule has 2 rings (SSSR count). The minimum absolute atomic E-state index is 0.148. The average Bonchev–Trinajstić information content (AvgIpc) is 2.45. The highest BCUT2D eigenvalue weighted by atomic mass is 79.9. The lowest BCUT2D eigenvalue weighted by molar-refractivity contribution is 0.157. The van der Waals surface area contributed by atoms with E-state index in [4.69, 9.17) is 4.74 Å². The number of nitrogens with zero attached hydrogens (tertiary/aromatic N) is 1. The van der Waals surface area contributed by atoms with E-state index in [0.717, 1.165) is 42.0 Å². The molecule has 0 bridgehead atoms. The second-order valence-corrected chi connectivity index (χ2v) is 5.53. The highest BCUT2D eigenvalue weighted by molar-refractivity contribution is 9.10. The second-order valence-electron chi connectivity index (χ2n) is 4.67. The van der Waals surface area contributed by atoms with Gasteiger partial charge >= 0.3 is 0 Å². The average molecular weight is 331 g/mol. The number of ether oxygens (including phenoxy) is 1. The van der Waals surface area contributed by atoms with Gasteiger partial charge in [0.1, 0.15) is 5.75 Å². The zero-order valence-corrected chi connectivity index (χ0v) is 12.7. The van der Waals surface area contributed by atoms with Gasteiger partial charge < -0.3 is 10.1 Å². The fourth-order valence-electron chi connectivity index (χ4n) is 2.55. The molecular formula is C14H20BrFN2O. The number of piperazine rings is 1. The van der Waals surface area contributed by atoms with Crippen LogP contribution in [0.3, 0.4) is 0 Å². The largest absolute Gasteiger partial charge is 0.496 e. The van der Waals surface area contributed by atoms with Crippen LogP contribution in [0.5, 0.6) is 5.75 Å². The Morgan fingerprint density at radius 2 is 2.16 bits per heavy atom. The normalized spacial score (nSPS) is 18.3. The lowest BCUT2D eigenvalue weighted by atomic mass is 10.0. The van der Waals surface area contributed by atoms with Crippen LogP contribution in [0.2, 0.25) is 0 Å². The first-order valence-corrected chi connectivity index (χ1v) is 7.39. The number of alkyl halides is 1. The Kier molecular flexibility index (Phi) is 5.60. The Morgan fingerprint density at radius 3 is 2.74 bits per heavy atom. The van der Waals surface area contributed by atoms with Crippen LogP contribution >= 0.6 is 15.9 Å². The lowest BCUT2D eigenvalue weighted by Crippen LogP contribution is -2.45. The molecule has 0 aromatic heterocycles. The predicted molar refractivity (Wildman–Crippen MR) is 78.5 cm³/mol. The number of nitrogens with one attached hydrogen (secondary N) is 1. The lowest BCUT2D eigenvalue weighted by Gasteiger charge is -2.35. The molecule has 0 aliphatic carbocycles. The van der Waals surface area contributed by atoms with Crippen molar-refractivity contribution in [3.05, 3.63) is 28.2 Å². The summed E-state index contributed by atoms with van der Waals surface area (Å²) in [6.45, 7) is 3.58. The molecule has 0 unspecified atom stereocenters. The maximum Gasteiger partial charge on any atom is 0.133 e. The minimum atomic E-state index is -0.293. The standard InChI is InChI=1S/C14H20BrFN2O/c1-19-14-3-2-11(10-12(14)15)13(4-5-16)18-8-6-17-7-9-18/h2-3,10,13,17H,4-9H2,1H3/t13-/m0/s1. The zero-order valence-electron chi connectivity index (χ0n) is 11.2. The molecule has 3 nitrogen and oxygen atoms in total. The van der Waals surface area contributed by atoms with Crippen LogP contribution in [0, 0.1) is 0 Å². The van der Waals surface area contributed by atoms with Gasteiger partial charge in [-0.1, -0.05) is 6.07 Å². The van der Waals surface area contributed by atoms with Gasteiger partial charge in [0, 0.05) is 32.2 Å². The molecule has 5 heteroatoms. The van der Waals surface area contributed by atoms with Crippen LogP contribution in [0.1, 0.15) is 18.0 Å². The topological polar surface area (TPSA) is 24.5 Å². The second kappa shape index (κ2) is 7.22. The Balaban J connectivity index is 2.19. The molecular weight excluding hydrogens is 311 g/mol. The third-order valence-corrected chi connectivity index (χ3v) is 4.16. The number of rotatable bonds is 5. The minimum Gasteiger partial charge on any atom is -0.496 e. The predicted octanol–water partition coefficient (Wildman–Crippen LogP) is 2.76. The van der Waals surface area contributed by atoms with Gasteiger partial charge in [-0.2, -0.15) is 0 Å². The van der Waals surface area contributed by atoms with Gasteiger partial charge in [-0.3, -0.25) is 9.29 Å². The molecule has 0 radical (unpaired) electrons. The van der Waals surface area contributed by atoms with Crippen molar-refractivity contribution in [2.45, 2.75) is 12.5 Å². The summed E-state index contributed by atoms with van der Waals surface area (Å²) in [6, 6.07) is 6.16. The molecule has 19 heavy (non-hydrogen) atoms. The summed E-state index contributed by atoms with van der Waals surface area (Å²) in [5.41, 5.74) is 1.15. The van der Waals surface area contributed by atoms with E-state index in [1.165, 1.54) is 0 Å². The Bertz CT molecular complexity index is 410. The molecule has 1 atom stereocenters. The quantitative estimate of drug-likeness (QED) is 0.898. The third kappa shape index (κ3) is 3.68. The number of hydrogen-bond acceptors (Lipinski definition) is 3. The number of hydrogen-bond donors (Lipinski definition) is 1. The van der Waals surface area contributed by atoms with E-state index in [0.29, 0.717) is 6.42 Å². The fraction of sp³-hybridized carbons (Fsp3) is 0.571. The van der Waals surface area contributed by atoms with Gasteiger partial charge in [-0.05, 0) is 40.0 Å². The van der Waals surface area contributed by atoms with Gasteiger partial charge in [-0.15, -0.1) is 0 Å². The maximum absolute atomic E-state index is 12.9. The van der Waals surface area contributed by atoms with Crippen LogP contribution in [0.15, 0.2) is 22.7 Å². The van der Waals surface area contributed by atoms with Crippen molar-refractivity contribution in [3.8, 4) is 5.75 Å². The Labute approximate surface area is 122 Å². The van der Waals surface area contributed by atoms with Crippen molar-refractivity contribution in [1.82, 2.24) is 10.2 Å². The summed E-state index contributed by atoms with van der Waals surface area (Å²) in [7, 11) is 1.65. The van der Waals surface area contributed by atoms with Gasteiger partial charge in [-0.25, -0.2) is 0 Å². The van der Waals surface area contributed by atoms with Crippen LogP contribution < -0.4 is 10.1 Å². The monoisotopic (exact) mass is 330 g/mol. The highest BCUT2D eigenvalue weighted by Gasteiger charge is 2.22. The molecule has 1 saturated heterocycles. The first-order valence-electron chi connectivity index (χ1n) is 6.60. The smallest absolute Gasteiger partial charge is 0.133 e. The summed E-state index contributed by atoms with van der Waals surface area (Å²) in [6.07, 6.45) is 0.540. The van der Waals surface area contributed by atoms with E-state index in [1.54, 1.807) is 7.11 Å². The molecule has 1 aliphatic heterocycles. The first-order chi connectivity index (χ1) is 9.26. The number of benzene rings is 1. The van der Waals surface area contributed by atoms with E-state index in [9.17, 15) is 4.39 Å². The molecule has 1 N–H and O–H groups in total. The van der Waals surface area contributed by atoms with Gasteiger partial charge in [0.05, 0.1) is 18.3 Å². The molecule has 0 spiro atoms. The summed E-state index contributed by atoms with van der Waals surface area (Å²) >= 11 is 3.50. The third-order valence-electron chi connectivity index (χ3n) is 3.54.